The predicted octanol–water partition coefficient (Wildman–Crippen LogP) is 3.67. The van der Waals surface area contributed by atoms with Gasteiger partial charge in [0.25, 0.3) is 5.91 Å². The Morgan fingerprint density at radius 1 is 0.757 bits per heavy atom. The summed E-state index contributed by atoms with van der Waals surface area (Å²) in [5.41, 5.74) is 2.33. The molecule has 37 heavy (non-hydrogen) atoms. The summed E-state index contributed by atoms with van der Waals surface area (Å²) in [5.74, 6) is -1.19. The number of aryl methyl sites for hydroxylation is 1. The Labute approximate surface area is 215 Å². The van der Waals surface area contributed by atoms with Crippen LogP contribution in [0.1, 0.15) is 11.1 Å². The van der Waals surface area contributed by atoms with E-state index in [1.165, 1.54) is 5.56 Å². The van der Waals surface area contributed by atoms with Crippen molar-refractivity contribution in [3.05, 3.63) is 90.0 Å². The monoisotopic (exact) mass is 506 g/mol. The van der Waals surface area contributed by atoms with Crippen molar-refractivity contribution in [3.8, 4) is 17.2 Å². The number of hydrogen-bond donors (Lipinski definition) is 2. The Balaban J connectivity index is 0.000000568. The van der Waals surface area contributed by atoms with E-state index in [0.717, 1.165) is 55.5 Å². The molecule has 1 saturated heterocycles. The molecule has 3 aromatic rings. The summed E-state index contributed by atoms with van der Waals surface area (Å²) < 4.78 is 11.6. The smallest absolute Gasteiger partial charge is 0.414 e. The minimum atomic E-state index is -1.82. The first-order valence-corrected chi connectivity index (χ1v) is 11.8. The van der Waals surface area contributed by atoms with Crippen LogP contribution < -0.4 is 9.47 Å². The van der Waals surface area contributed by atoms with E-state index in [0.29, 0.717) is 0 Å². The highest BCUT2D eigenvalue weighted by Gasteiger charge is 2.21. The zero-order valence-corrected chi connectivity index (χ0v) is 20.6. The zero-order chi connectivity index (χ0) is 26.6. The van der Waals surface area contributed by atoms with Gasteiger partial charge in [-0.1, -0.05) is 42.5 Å². The SMILES string of the molecule is Cc1cccc(OCC(=O)N2CCN(Cc3cccc(Oc4ccccc4)c3)CC2)c1.O=C(O)C(=O)O. The van der Waals surface area contributed by atoms with Gasteiger partial charge < -0.3 is 24.6 Å². The molecule has 0 spiro atoms. The summed E-state index contributed by atoms with van der Waals surface area (Å²) in [6.07, 6.45) is 0. The first kappa shape index (κ1) is 27.2. The molecule has 0 aliphatic carbocycles. The number of piperazine rings is 1. The van der Waals surface area contributed by atoms with E-state index in [-0.39, 0.29) is 12.5 Å². The van der Waals surface area contributed by atoms with Crippen LogP contribution >= 0.6 is 0 Å². The van der Waals surface area contributed by atoms with Crippen molar-refractivity contribution in [2.45, 2.75) is 13.5 Å². The highest BCUT2D eigenvalue weighted by molar-refractivity contribution is 6.27. The Bertz CT molecular complexity index is 1180. The number of rotatable bonds is 7. The summed E-state index contributed by atoms with van der Waals surface area (Å²) >= 11 is 0. The minimum absolute atomic E-state index is 0.0411. The summed E-state index contributed by atoms with van der Waals surface area (Å²) in [5, 5.41) is 14.8. The van der Waals surface area contributed by atoms with Gasteiger partial charge in [-0.15, -0.1) is 0 Å². The molecule has 1 aliphatic heterocycles. The van der Waals surface area contributed by atoms with Crippen molar-refractivity contribution in [1.82, 2.24) is 9.80 Å². The van der Waals surface area contributed by atoms with Crippen LogP contribution in [0.2, 0.25) is 0 Å². The van der Waals surface area contributed by atoms with Crippen molar-refractivity contribution in [1.29, 1.82) is 0 Å². The molecule has 1 amide bonds. The van der Waals surface area contributed by atoms with Crippen molar-refractivity contribution >= 4 is 17.8 Å². The lowest BCUT2D eigenvalue weighted by atomic mass is 10.2. The fraction of sp³-hybridized carbons (Fsp3) is 0.250. The average molecular weight is 507 g/mol. The van der Waals surface area contributed by atoms with Gasteiger partial charge in [-0.3, -0.25) is 9.69 Å². The highest BCUT2D eigenvalue weighted by atomic mass is 16.5. The first-order chi connectivity index (χ1) is 17.8. The molecule has 4 rings (SSSR count). The van der Waals surface area contributed by atoms with Crippen LogP contribution in [0.3, 0.4) is 0 Å². The highest BCUT2D eigenvalue weighted by Crippen LogP contribution is 2.22. The summed E-state index contributed by atoms with van der Waals surface area (Å²) in [6.45, 7) is 6.07. The fourth-order valence-corrected chi connectivity index (χ4v) is 3.69. The maximum absolute atomic E-state index is 12.5. The quantitative estimate of drug-likeness (QED) is 0.467. The van der Waals surface area contributed by atoms with Crippen LogP contribution in [0.15, 0.2) is 78.9 Å². The number of amides is 1. The number of aliphatic carboxylic acids is 2. The van der Waals surface area contributed by atoms with Gasteiger partial charge in [0.2, 0.25) is 0 Å². The lowest BCUT2D eigenvalue weighted by molar-refractivity contribution is -0.159. The van der Waals surface area contributed by atoms with Crippen molar-refractivity contribution in [2.24, 2.45) is 0 Å². The molecule has 1 fully saturated rings. The zero-order valence-electron chi connectivity index (χ0n) is 20.6. The molecule has 0 unspecified atom stereocenters. The number of benzene rings is 3. The largest absolute Gasteiger partial charge is 0.484 e. The first-order valence-electron chi connectivity index (χ1n) is 11.8. The predicted molar refractivity (Wildman–Crippen MR) is 137 cm³/mol. The molecule has 9 heteroatoms. The third-order valence-corrected chi connectivity index (χ3v) is 5.54. The lowest BCUT2D eigenvalue weighted by Crippen LogP contribution is -2.49. The van der Waals surface area contributed by atoms with Gasteiger partial charge in [0, 0.05) is 32.7 Å². The van der Waals surface area contributed by atoms with E-state index < -0.39 is 11.9 Å². The van der Waals surface area contributed by atoms with Crippen LogP contribution in [0.4, 0.5) is 0 Å². The molecule has 3 aromatic carbocycles. The molecule has 0 atom stereocenters. The van der Waals surface area contributed by atoms with Gasteiger partial charge in [-0.05, 0) is 54.4 Å². The molecular weight excluding hydrogens is 476 g/mol. The summed E-state index contributed by atoms with van der Waals surface area (Å²) in [4.78, 5) is 35.0. The standard InChI is InChI=1S/C26H28N2O3.C2H2O4/c1-21-7-5-11-24(17-21)30-20-26(29)28-15-13-27(14-16-28)19-22-8-6-12-25(18-22)31-23-9-3-2-4-10-23;3-1(4)2(5)6/h2-12,17-18H,13-16,19-20H2,1H3;(H,3,4)(H,5,6). The number of nitrogens with zero attached hydrogens (tertiary/aromatic N) is 2. The normalized spacial score (nSPS) is 13.2. The van der Waals surface area contributed by atoms with E-state index in [9.17, 15) is 4.79 Å². The number of ether oxygens (including phenoxy) is 2. The molecule has 194 valence electrons. The molecule has 2 N–H and O–H groups in total. The lowest BCUT2D eigenvalue weighted by Gasteiger charge is -2.34. The second-order valence-electron chi connectivity index (χ2n) is 8.43. The van der Waals surface area contributed by atoms with E-state index in [1.807, 2.05) is 78.6 Å². The van der Waals surface area contributed by atoms with Crippen LogP contribution in [0.25, 0.3) is 0 Å². The number of para-hydroxylation sites is 1. The van der Waals surface area contributed by atoms with Crippen LogP contribution in [0, 0.1) is 6.92 Å². The van der Waals surface area contributed by atoms with Crippen molar-refractivity contribution in [3.63, 3.8) is 0 Å². The number of carbonyl (C=O) groups is 3. The number of carboxylic acids is 2. The second kappa shape index (κ2) is 13.6. The minimum Gasteiger partial charge on any atom is -0.484 e. The van der Waals surface area contributed by atoms with Gasteiger partial charge in [-0.25, -0.2) is 9.59 Å². The van der Waals surface area contributed by atoms with Crippen LogP contribution in [0.5, 0.6) is 17.2 Å². The third kappa shape index (κ3) is 9.30. The topological polar surface area (TPSA) is 117 Å². The maximum atomic E-state index is 12.5. The molecule has 1 heterocycles. The number of hydrogen-bond acceptors (Lipinski definition) is 6. The van der Waals surface area contributed by atoms with Crippen LogP contribution in [-0.2, 0) is 20.9 Å². The van der Waals surface area contributed by atoms with Gasteiger partial charge in [0.1, 0.15) is 17.2 Å². The van der Waals surface area contributed by atoms with Gasteiger partial charge in [0.05, 0.1) is 0 Å². The van der Waals surface area contributed by atoms with Crippen molar-refractivity contribution in [2.75, 3.05) is 32.8 Å². The molecule has 9 nitrogen and oxygen atoms in total. The molecule has 1 aliphatic rings. The Morgan fingerprint density at radius 3 is 2.03 bits per heavy atom. The van der Waals surface area contributed by atoms with Crippen LogP contribution in [-0.4, -0.2) is 70.6 Å². The fourth-order valence-electron chi connectivity index (χ4n) is 3.69. The van der Waals surface area contributed by atoms with E-state index >= 15 is 0 Å². The average Bonchev–Trinajstić information content (AvgIpc) is 2.89. The maximum Gasteiger partial charge on any atom is 0.414 e. The van der Waals surface area contributed by atoms with Crippen molar-refractivity contribution < 1.29 is 34.1 Å². The van der Waals surface area contributed by atoms with Gasteiger partial charge in [0.15, 0.2) is 6.61 Å². The molecule has 0 aromatic heterocycles. The van der Waals surface area contributed by atoms with Gasteiger partial charge >= 0.3 is 11.9 Å². The molecule has 0 bridgehead atoms. The Morgan fingerprint density at radius 2 is 1.38 bits per heavy atom. The van der Waals surface area contributed by atoms with E-state index in [1.54, 1.807) is 0 Å². The van der Waals surface area contributed by atoms with E-state index in [2.05, 4.69) is 17.0 Å². The summed E-state index contributed by atoms with van der Waals surface area (Å²) in [7, 11) is 0. The van der Waals surface area contributed by atoms with Gasteiger partial charge in [-0.2, -0.15) is 0 Å². The van der Waals surface area contributed by atoms with E-state index in [4.69, 9.17) is 29.3 Å². The Hall–Kier alpha value is -4.37. The molecule has 0 saturated carbocycles. The molecular formula is C28H30N2O7. The number of carbonyl (C=O) groups excluding carboxylic acids is 1. The summed E-state index contributed by atoms with van der Waals surface area (Å²) in [6, 6.07) is 25.8. The Kier molecular flexibility index (Phi) is 10.0. The number of carboxylic acid groups (broad SMARTS) is 2. The third-order valence-electron chi connectivity index (χ3n) is 5.54. The second-order valence-corrected chi connectivity index (χ2v) is 8.43. The molecule has 0 radical (unpaired) electrons.